The molecule has 0 saturated heterocycles. The summed E-state index contributed by atoms with van der Waals surface area (Å²) in [7, 11) is 1.78. The maximum absolute atomic E-state index is 13.5. The maximum Gasteiger partial charge on any atom is 0.143 e. The van der Waals surface area contributed by atoms with Crippen molar-refractivity contribution >= 4 is 5.78 Å². The molecule has 20 heavy (non-hydrogen) atoms. The monoisotopic (exact) mass is 278 g/mol. The van der Waals surface area contributed by atoms with Crippen molar-refractivity contribution < 1.29 is 13.6 Å². The van der Waals surface area contributed by atoms with Crippen LogP contribution in [-0.4, -0.2) is 15.6 Å². The first-order chi connectivity index (χ1) is 9.49. The molecule has 0 saturated carbocycles. The highest BCUT2D eigenvalue weighted by Gasteiger charge is 2.12. The summed E-state index contributed by atoms with van der Waals surface area (Å²) in [5.41, 5.74) is 1.94. The fourth-order valence-electron chi connectivity index (χ4n) is 2.05. The third kappa shape index (κ3) is 3.29. The van der Waals surface area contributed by atoms with Gasteiger partial charge >= 0.3 is 0 Å². The number of carbonyl (C=O) groups excluding carboxylic acids is 1. The number of rotatable bonds is 5. The van der Waals surface area contributed by atoms with Gasteiger partial charge in [0.2, 0.25) is 0 Å². The quantitative estimate of drug-likeness (QED) is 0.842. The van der Waals surface area contributed by atoms with Gasteiger partial charge in [-0.25, -0.2) is 8.78 Å². The number of hydrogen-bond donors (Lipinski definition) is 0. The molecule has 106 valence electrons. The zero-order valence-electron chi connectivity index (χ0n) is 11.5. The van der Waals surface area contributed by atoms with Gasteiger partial charge in [-0.1, -0.05) is 13.0 Å². The lowest BCUT2D eigenvalue weighted by Crippen LogP contribution is -2.11. The van der Waals surface area contributed by atoms with E-state index < -0.39 is 11.6 Å². The molecule has 0 unspecified atom stereocenters. The molecule has 2 rings (SSSR count). The highest BCUT2D eigenvalue weighted by Crippen LogP contribution is 2.12. The lowest BCUT2D eigenvalue weighted by molar-refractivity contribution is -0.117. The summed E-state index contributed by atoms with van der Waals surface area (Å²) in [6.45, 7) is 1.99. The predicted octanol–water partition coefficient (Wildman–Crippen LogP) is 2.62. The minimum Gasteiger partial charge on any atom is -0.299 e. The Labute approximate surface area is 116 Å². The van der Waals surface area contributed by atoms with Crippen LogP contribution in [0.5, 0.6) is 0 Å². The summed E-state index contributed by atoms with van der Waals surface area (Å²) < 4.78 is 27.9. The molecule has 0 aliphatic rings. The van der Waals surface area contributed by atoms with Crippen molar-refractivity contribution in [2.75, 3.05) is 0 Å². The second kappa shape index (κ2) is 5.94. The molecular formula is C15H16F2N2O. The SMILES string of the molecule is CCc1cc(CC(=O)Cc2ccc(F)cc2F)n(C)n1. The van der Waals surface area contributed by atoms with E-state index in [4.69, 9.17) is 0 Å². The third-order valence-corrected chi connectivity index (χ3v) is 3.17. The Hall–Kier alpha value is -2.04. The molecule has 0 amide bonds. The number of carbonyl (C=O) groups is 1. The van der Waals surface area contributed by atoms with E-state index in [9.17, 15) is 13.6 Å². The van der Waals surface area contributed by atoms with Crippen molar-refractivity contribution in [3.8, 4) is 0 Å². The van der Waals surface area contributed by atoms with Gasteiger partial charge in [0.15, 0.2) is 0 Å². The van der Waals surface area contributed by atoms with Crippen LogP contribution in [0.15, 0.2) is 24.3 Å². The lowest BCUT2D eigenvalue weighted by atomic mass is 10.0. The number of hydrogen-bond acceptors (Lipinski definition) is 2. The maximum atomic E-state index is 13.5. The Kier molecular flexibility index (Phi) is 4.27. The average molecular weight is 278 g/mol. The van der Waals surface area contributed by atoms with E-state index in [1.165, 1.54) is 6.07 Å². The van der Waals surface area contributed by atoms with Crippen LogP contribution >= 0.6 is 0 Å². The van der Waals surface area contributed by atoms with Crippen LogP contribution in [-0.2, 0) is 31.1 Å². The van der Waals surface area contributed by atoms with Crippen LogP contribution in [0, 0.1) is 11.6 Å². The minimum atomic E-state index is -0.683. The van der Waals surface area contributed by atoms with E-state index in [-0.39, 0.29) is 24.2 Å². The summed E-state index contributed by atoms with van der Waals surface area (Å²) in [6, 6.07) is 5.13. The molecule has 1 heterocycles. The Morgan fingerprint density at radius 2 is 2.00 bits per heavy atom. The summed E-state index contributed by atoms with van der Waals surface area (Å²) >= 11 is 0. The van der Waals surface area contributed by atoms with E-state index in [1.807, 2.05) is 13.0 Å². The van der Waals surface area contributed by atoms with Crippen LogP contribution in [0.25, 0.3) is 0 Å². The summed E-state index contributed by atoms with van der Waals surface area (Å²) in [6.07, 6.45) is 0.952. The third-order valence-electron chi connectivity index (χ3n) is 3.17. The van der Waals surface area contributed by atoms with Gasteiger partial charge in [-0.05, 0) is 24.1 Å². The standard InChI is InChI=1S/C15H16F2N2O/c1-3-12-8-13(19(2)18-12)9-14(20)6-10-4-5-11(16)7-15(10)17/h4-5,7-8H,3,6,9H2,1-2H3. The van der Waals surface area contributed by atoms with E-state index in [2.05, 4.69) is 5.10 Å². The molecule has 0 bridgehead atoms. The normalized spacial score (nSPS) is 10.8. The fraction of sp³-hybridized carbons (Fsp3) is 0.333. The van der Waals surface area contributed by atoms with Crippen LogP contribution in [0.1, 0.15) is 23.9 Å². The zero-order valence-corrected chi connectivity index (χ0v) is 11.5. The Morgan fingerprint density at radius 1 is 1.25 bits per heavy atom. The van der Waals surface area contributed by atoms with Crippen molar-refractivity contribution in [1.29, 1.82) is 0 Å². The largest absolute Gasteiger partial charge is 0.299 e. The molecule has 0 radical (unpaired) electrons. The summed E-state index contributed by atoms with van der Waals surface area (Å²) in [5.74, 6) is -1.45. The lowest BCUT2D eigenvalue weighted by Gasteiger charge is -2.03. The van der Waals surface area contributed by atoms with Crippen molar-refractivity contribution in [3.05, 3.63) is 52.9 Å². The van der Waals surface area contributed by atoms with E-state index in [0.717, 1.165) is 29.9 Å². The highest BCUT2D eigenvalue weighted by molar-refractivity contribution is 5.82. The van der Waals surface area contributed by atoms with Crippen LogP contribution < -0.4 is 0 Å². The number of Topliss-reactive ketones (excluding diaryl/α,β-unsaturated/α-hetero) is 1. The average Bonchev–Trinajstić information content (AvgIpc) is 2.74. The Balaban J connectivity index is 2.06. The zero-order chi connectivity index (χ0) is 14.7. The molecular weight excluding hydrogens is 262 g/mol. The van der Waals surface area contributed by atoms with Crippen molar-refractivity contribution in [1.82, 2.24) is 9.78 Å². The molecule has 0 aliphatic carbocycles. The minimum absolute atomic E-state index is 0.0429. The fourth-order valence-corrected chi connectivity index (χ4v) is 2.05. The van der Waals surface area contributed by atoms with Gasteiger partial charge in [-0.2, -0.15) is 5.10 Å². The van der Waals surface area contributed by atoms with E-state index in [0.29, 0.717) is 0 Å². The molecule has 1 aromatic heterocycles. The van der Waals surface area contributed by atoms with Crippen LogP contribution in [0.4, 0.5) is 8.78 Å². The number of halogens is 2. The van der Waals surface area contributed by atoms with Crippen molar-refractivity contribution in [3.63, 3.8) is 0 Å². The Bertz CT molecular complexity index is 635. The number of aromatic nitrogens is 2. The van der Waals surface area contributed by atoms with Gasteiger partial charge in [0.25, 0.3) is 0 Å². The highest BCUT2D eigenvalue weighted by atomic mass is 19.1. The van der Waals surface area contributed by atoms with Crippen molar-refractivity contribution in [2.24, 2.45) is 7.05 Å². The van der Waals surface area contributed by atoms with Gasteiger partial charge in [0.1, 0.15) is 17.4 Å². The first kappa shape index (κ1) is 14.4. The second-order valence-electron chi connectivity index (χ2n) is 4.73. The number of nitrogens with zero attached hydrogens (tertiary/aromatic N) is 2. The smallest absolute Gasteiger partial charge is 0.143 e. The number of ketones is 1. The first-order valence-electron chi connectivity index (χ1n) is 6.47. The molecule has 0 aliphatic heterocycles. The van der Waals surface area contributed by atoms with Gasteiger partial charge in [-0.3, -0.25) is 9.48 Å². The molecule has 2 aromatic rings. The van der Waals surface area contributed by atoms with Crippen LogP contribution in [0.2, 0.25) is 0 Å². The van der Waals surface area contributed by atoms with E-state index >= 15 is 0 Å². The van der Waals surface area contributed by atoms with Crippen molar-refractivity contribution in [2.45, 2.75) is 26.2 Å². The summed E-state index contributed by atoms with van der Waals surface area (Å²) in [5, 5.41) is 4.26. The molecule has 3 nitrogen and oxygen atoms in total. The van der Waals surface area contributed by atoms with Gasteiger partial charge in [0, 0.05) is 31.6 Å². The first-order valence-corrected chi connectivity index (χ1v) is 6.47. The number of aryl methyl sites for hydroxylation is 2. The number of benzene rings is 1. The van der Waals surface area contributed by atoms with Gasteiger partial charge in [0.05, 0.1) is 5.69 Å². The van der Waals surface area contributed by atoms with Gasteiger partial charge in [-0.15, -0.1) is 0 Å². The van der Waals surface area contributed by atoms with Gasteiger partial charge < -0.3 is 0 Å². The molecule has 0 N–H and O–H groups in total. The topological polar surface area (TPSA) is 34.9 Å². The summed E-state index contributed by atoms with van der Waals surface area (Å²) in [4.78, 5) is 12.0. The molecule has 0 spiro atoms. The predicted molar refractivity (Wildman–Crippen MR) is 71.4 cm³/mol. The molecule has 1 aromatic carbocycles. The Morgan fingerprint density at radius 3 is 2.60 bits per heavy atom. The van der Waals surface area contributed by atoms with E-state index in [1.54, 1.807) is 11.7 Å². The second-order valence-corrected chi connectivity index (χ2v) is 4.73. The molecule has 0 atom stereocenters. The van der Waals surface area contributed by atoms with Crippen LogP contribution in [0.3, 0.4) is 0 Å². The molecule has 5 heteroatoms. The molecule has 0 fully saturated rings.